The number of carbonyl (C=O) groups is 1. The molecule has 12 heteroatoms. The topological polar surface area (TPSA) is 142 Å². The molecule has 0 aromatic carbocycles. The van der Waals surface area contributed by atoms with Crippen LogP contribution in [0.3, 0.4) is 0 Å². The minimum Gasteiger partial charge on any atom is -0.483 e. The fraction of sp³-hybridized carbons (Fsp3) is 0.629. The molecule has 0 spiro atoms. The van der Waals surface area contributed by atoms with E-state index in [0.717, 1.165) is 48.2 Å². The summed E-state index contributed by atoms with van der Waals surface area (Å²) in [5, 5.41) is 16.9. The monoisotopic (exact) mass is 682 g/mol. The molecule has 0 bridgehead atoms. The molecule has 47 heavy (non-hydrogen) atoms. The number of anilines is 2. The highest BCUT2D eigenvalue weighted by molar-refractivity contribution is 7.19. The lowest BCUT2D eigenvalue weighted by Crippen LogP contribution is -2.36. The second kappa shape index (κ2) is 16.9. The van der Waals surface area contributed by atoms with Crippen molar-refractivity contribution in [3.8, 4) is 0 Å². The Morgan fingerprint density at radius 1 is 0.745 bits per heavy atom. The molecule has 4 aliphatic rings. The Hall–Kier alpha value is -2.93. The third kappa shape index (κ3) is 8.39. The SMILES string of the molecule is C.C.CN(C)C1CCC(Nc2ncnc3sc4c(c23)CCC4)CC1.NC1CCC(Nc2ncnc3sc4c(c23)CCC4)CC1.O=CO. The molecule has 4 aliphatic carbocycles. The molecule has 0 unspecified atom stereocenters. The zero-order valence-electron chi connectivity index (χ0n) is 26.4. The average Bonchev–Trinajstić information content (AvgIpc) is 3.81. The minimum absolute atomic E-state index is 0. The van der Waals surface area contributed by atoms with Crippen LogP contribution in [0.25, 0.3) is 20.4 Å². The lowest BCUT2D eigenvalue weighted by Gasteiger charge is -2.33. The molecule has 10 nitrogen and oxygen atoms in total. The Labute approximate surface area is 288 Å². The molecule has 4 aromatic heterocycles. The van der Waals surface area contributed by atoms with E-state index in [1.807, 2.05) is 22.7 Å². The van der Waals surface area contributed by atoms with Gasteiger partial charge in [-0.3, -0.25) is 4.79 Å². The molecule has 4 heterocycles. The first-order valence-electron chi connectivity index (χ1n) is 16.5. The fourth-order valence-corrected chi connectivity index (χ4v) is 9.92. The zero-order valence-corrected chi connectivity index (χ0v) is 28.1. The number of aryl methyl sites for hydroxylation is 4. The van der Waals surface area contributed by atoms with Crippen LogP contribution < -0.4 is 16.4 Å². The van der Waals surface area contributed by atoms with Gasteiger partial charge in [-0.05, 0) is 115 Å². The van der Waals surface area contributed by atoms with E-state index >= 15 is 0 Å². The second-order valence-electron chi connectivity index (χ2n) is 13.0. The number of carboxylic acid groups (broad SMARTS) is 1. The molecule has 0 saturated heterocycles. The molecule has 0 aliphatic heterocycles. The number of rotatable bonds is 5. The minimum atomic E-state index is -0.250. The van der Waals surface area contributed by atoms with E-state index < -0.39 is 0 Å². The number of nitrogens with zero attached hydrogens (tertiary/aromatic N) is 5. The summed E-state index contributed by atoms with van der Waals surface area (Å²) < 4.78 is 0. The standard InChI is InChI=1S/C17H24N4S.C15H20N4S.CH2O2.2CH4/c1-21(2)12-8-6-11(7-9-12)20-16-15-13-4-3-5-14(13)22-17(15)19-10-18-16;16-9-4-6-10(7-5-9)19-14-13-11-2-1-3-12(11)20-15(13)18-8-17-14;2-1-3;;/h10-12H,3-9H2,1-2H3,(H,18,19,20);8-10H,1-7,16H2,(H,17,18,19);1H,(H,2,3);2*1H4. The van der Waals surface area contributed by atoms with Crippen LogP contribution in [0.5, 0.6) is 0 Å². The van der Waals surface area contributed by atoms with E-state index in [-0.39, 0.29) is 21.3 Å². The Morgan fingerprint density at radius 3 is 1.60 bits per heavy atom. The summed E-state index contributed by atoms with van der Waals surface area (Å²) in [7, 11) is 4.39. The molecule has 0 atom stereocenters. The molecular formula is C35H54N8O2S2. The fourth-order valence-electron chi connectivity index (χ4n) is 7.46. The first-order valence-corrected chi connectivity index (χ1v) is 18.1. The summed E-state index contributed by atoms with van der Waals surface area (Å²) >= 11 is 3.72. The third-order valence-corrected chi connectivity index (χ3v) is 12.3. The number of aromatic nitrogens is 4. The quantitative estimate of drug-likeness (QED) is 0.158. The van der Waals surface area contributed by atoms with Gasteiger partial charge in [0.15, 0.2) is 0 Å². The van der Waals surface area contributed by atoms with Crippen LogP contribution in [-0.4, -0.2) is 74.7 Å². The normalized spacial score (nSPS) is 22.9. The number of thiophene rings is 2. The lowest BCUT2D eigenvalue weighted by molar-refractivity contribution is -0.122. The van der Waals surface area contributed by atoms with Crippen molar-refractivity contribution in [1.29, 1.82) is 0 Å². The molecule has 0 radical (unpaired) electrons. The summed E-state index contributed by atoms with van der Waals surface area (Å²) in [5.41, 5.74) is 9.01. The second-order valence-corrected chi connectivity index (χ2v) is 15.2. The van der Waals surface area contributed by atoms with Gasteiger partial charge < -0.3 is 26.4 Å². The van der Waals surface area contributed by atoms with Crippen LogP contribution >= 0.6 is 22.7 Å². The zero-order chi connectivity index (χ0) is 31.3. The predicted molar refractivity (Wildman–Crippen MR) is 198 cm³/mol. The smallest absolute Gasteiger partial charge is 0.290 e. The van der Waals surface area contributed by atoms with Gasteiger partial charge in [0, 0.05) is 33.9 Å². The number of hydrogen-bond donors (Lipinski definition) is 4. The van der Waals surface area contributed by atoms with Gasteiger partial charge in [0.05, 0.1) is 10.8 Å². The first kappa shape index (κ1) is 36.9. The van der Waals surface area contributed by atoms with Crippen LogP contribution in [-0.2, 0) is 30.5 Å². The Kier molecular flexibility index (Phi) is 13.3. The molecule has 5 N–H and O–H groups in total. The van der Waals surface area contributed by atoms with E-state index in [1.165, 1.54) is 101 Å². The van der Waals surface area contributed by atoms with Crippen molar-refractivity contribution in [1.82, 2.24) is 24.8 Å². The van der Waals surface area contributed by atoms with Crippen molar-refractivity contribution in [2.75, 3.05) is 24.7 Å². The van der Waals surface area contributed by atoms with Gasteiger partial charge in [-0.25, -0.2) is 19.9 Å². The average molecular weight is 683 g/mol. The Morgan fingerprint density at radius 2 is 1.17 bits per heavy atom. The Bertz CT molecular complexity index is 1590. The maximum absolute atomic E-state index is 8.36. The van der Waals surface area contributed by atoms with Gasteiger partial charge in [0.25, 0.3) is 6.47 Å². The van der Waals surface area contributed by atoms with Crippen LogP contribution in [0.1, 0.15) is 99.9 Å². The van der Waals surface area contributed by atoms with Crippen molar-refractivity contribution in [2.24, 2.45) is 5.73 Å². The molecule has 4 aromatic rings. The maximum Gasteiger partial charge on any atom is 0.290 e. The number of fused-ring (bicyclic) bond motifs is 6. The van der Waals surface area contributed by atoms with E-state index in [9.17, 15) is 0 Å². The van der Waals surface area contributed by atoms with E-state index in [1.54, 1.807) is 12.7 Å². The highest BCUT2D eigenvalue weighted by Gasteiger charge is 2.26. The summed E-state index contributed by atoms with van der Waals surface area (Å²) in [6.45, 7) is -0.250. The Balaban J connectivity index is 0.000000190. The van der Waals surface area contributed by atoms with Gasteiger partial charge in [-0.1, -0.05) is 14.9 Å². The summed E-state index contributed by atoms with van der Waals surface area (Å²) in [6.07, 6.45) is 20.4. The largest absolute Gasteiger partial charge is 0.483 e. The molecule has 2 saturated carbocycles. The van der Waals surface area contributed by atoms with Gasteiger partial charge in [0.1, 0.15) is 34.0 Å². The van der Waals surface area contributed by atoms with Gasteiger partial charge in [-0.2, -0.15) is 0 Å². The highest BCUT2D eigenvalue weighted by atomic mass is 32.1. The summed E-state index contributed by atoms with van der Waals surface area (Å²) in [4.78, 5) is 34.2. The van der Waals surface area contributed by atoms with Gasteiger partial charge >= 0.3 is 0 Å². The van der Waals surface area contributed by atoms with Crippen molar-refractivity contribution < 1.29 is 9.90 Å². The molecular weight excluding hydrogens is 629 g/mol. The number of nitrogens with one attached hydrogen (secondary N) is 2. The van der Waals surface area contributed by atoms with Gasteiger partial charge in [0.2, 0.25) is 0 Å². The summed E-state index contributed by atoms with van der Waals surface area (Å²) in [6, 6.07) is 2.22. The number of hydrogen-bond acceptors (Lipinski definition) is 11. The molecule has 2 fully saturated rings. The van der Waals surface area contributed by atoms with Crippen molar-refractivity contribution in [3.05, 3.63) is 33.5 Å². The van der Waals surface area contributed by atoms with Crippen LogP contribution in [0.2, 0.25) is 0 Å². The molecule has 258 valence electrons. The third-order valence-electron chi connectivity index (χ3n) is 9.88. The van der Waals surface area contributed by atoms with Crippen molar-refractivity contribution >= 4 is 61.2 Å². The van der Waals surface area contributed by atoms with Crippen molar-refractivity contribution in [3.63, 3.8) is 0 Å². The van der Waals surface area contributed by atoms with E-state index in [2.05, 4.69) is 49.6 Å². The predicted octanol–water partition coefficient (Wildman–Crippen LogP) is 7.30. The van der Waals surface area contributed by atoms with E-state index in [0.29, 0.717) is 18.1 Å². The van der Waals surface area contributed by atoms with E-state index in [4.69, 9.17) is 15.6 Å². The molecule has 0 amide bonds. The lowest BCUT2D eigenvalue weighted by atomic mass is 9.90. The number of nitrogens with two attached hydrogens (primary N) is 1. The van der Waals surface area contributed by atoms with Crippen LogP contribution in [0, 0.1) is 0 Å². The van der Waals surface area contributed by atoms with Gasteiger partial charge in [-0.15, -0.1) is 22.7 Å². The first-order chi connectivity index (χ1) is 21.9. The highest BCUT2D eigenvalue weighted by Crippen LogP contribution is 2.41. The molecule has 8 rings (SSSR count). The van der Waals surface area contributed by atoms with Crippen LogP contribution in [0.15, 0.2) is 12.7 Å². The van der Waals surface area contributed by atoms with Crippen LogP contribution in [0.4, 0.5) is 11.6 Å². The maximum atomic E-state index is 8.36. The summed E-state index contributed by atoms with van der Waals surface area (Å²) in [5.74, 6) is 2.13. The van der Waals surface area contributed by atoms with Crippen molar-refractivity contribution in [2.45, 2.75) is 129 Å².